The van der Waals surface area contributed by atoms with E-state index in [-0.39, 0.29) is 0 Å². The molecule has 2 bridgehead atoms. The molecule has 4 unspecified atom stereocenters. The van der Waals surface area contributed by atoms with Gasteiger partial charge in [0.25, 0.3) is 0 Å². The molecule has 2 heterocycles. The van der Waals surface area contributed by atoms with Crippen LogP contribution >= 0.6 is 0 Å². The van der Waals surface area contributed by atoms with E-state index in [4.69, 9.17) is 0 Å². The first-order chi connectivity index (χ1) is 10.4. The molecular weight excluding hydrogens is 256 g/mol. The lowest BCUT2D eigenvalue weighted by Crippen LogP contribution is -2.45. The number of hydrogen-bond acceptors (Lipinski definition) is 2. The lowest BCUT2D eigenvalue weighted by Gasteiger charge is -2.41. The fourth-order valence-corrected chi connectivity index (χ4v) is 4.91. The average Bonchev–Trinajstić information content (AvgIpc) is 2.88. The zero-order chi connectivity index (χ0) is 14.1. The molecule has 0 aromatic heterocycles. The summed E-state index contributed by atoms with van der Waals surface area (Å²) in [5.74, 6) is 0.761. The summed E-state index contributed by atoms with van der Waals surface area (Å²) in [4.78, 5) is 2.84. The topological polar surface area (TPSA) is 15.3 Å². The highest BCUT2D eigenvalue weighted by atomic mass is 15.2. The maximum Gasteiger partial charge on any atom is 0.0198 e. The van der Waals surface area contributed by atoms with Crippen molar-refractivity contribution in [3.8, 4) is 0 Å². The number of hydrogen-bond donors (Lipinski definition) is 1. The van der Waals surface area contributed by atoms with Gasteiger partial charge in [0.2, 0.25) is 0 Å². The van der Waals surface area contributed by atoms with Crippen LogP contribution < -0.4 is 5.32 Å². The molecule has 1 aromatic carbocycles. The van der Waals surface area contributed by atoms with Gasteiger partial charge in [0.15, 0.2) is 0 Å². The van der Waals surface area contributed by atoms with Crippen LogP contribution in [-0.4, -0.2) is 36.1 Å². The van der Waals surface area contributed by atoms with E-state index in [9.17, 15) is 0 Å². The maximum atomic E-state index is 3.83. The van der Waals surface area contributed by atoms with Crippen molar-refractivity contribution in [1.82, 2.24) is 10.2 Å². The molecule has 1 N–H and O–H groups in total. The van der Waals surface area contributed by atoms with Crippen LogP contribution in [-0.2, 0) is 0 Å². The highest BCUT2D eigenvalue weighted by Gasteiger charge is 2.36. The Morgan fingerprint density at radius 2 is 1.67 bits per heavy atom. The maximum absolute atomic E-state index is 3.83. The van der Waals surface area contributed by atoms with Gasteiger partial charge in [0, 0.05) is 24.7 Å². The first-order valence-electron chi connectivity index (χ1n) is 8.95. The molecule has 2 nitrogen and oxygen atoms in total. The summed E-state index contributed by atoms with van der Waals surface area (Å²) < 4.78 is 0. The molecule has 1 aliphatic carbocycles. The predicted octanol–water partition coefficient (Wildman–Crippen LogP) is 3.54. The minimum atomic E-state index is 0.760. The number of likely N-dealkylation sites (tertiary alicyclic amines) is 1. The Kier molecular flexibility index (Phi) is 4.00. The largest absolute Gasteiger partial charge is 0.310 e. The molecule has 2 heteroatoms. The molecule has 0 amide bonds. The van der Waals surface area contributed by atoms with Gasteiger partial charge in [-0.15, -0.1) is 0 Å². The Bertz CT molecular complexity index is 458. The van der Waals surface area contributed by atoms with Gasteiger partial charge in [0.1, 0.15) is 0 Å². The molecule has 21 heavy (non-hydrogen) atoms. The van der Waals surface area contributed by atoms with E-state index in [1.807, 2.05) is 0 Å². The van der Waals surface area contributed by atoms with E-state index in [0.717, 1.165) is 24.0 Å². The predicted molar refractivity (Wildman–Crippen MR) is 87.6 cm³/mol. The Morgan fingerprint density at radius 1 is 0.857 bits per heavy atom. The van der Waals surface area contributed by atoms with Gasteiger partial charge in [-0.3, -0.25) is 4.90 Å². The standard InChI is InChI=1S/C19H28N2/c1-2-6-15(7-3-1)18-8-4-5-9-19(18)21-13-12-16-10-11-17(14-21)20-16/h1-3,6-7,16-20H,4-5,8-14H2. The number of fused-ring (bicyclic) bond motifs is 2. The van der Waals surface area contributed by atoms with Crippen LogP contribution in [0.25, 0.3) is 0 Å². The van der Waals surface area contributed by atoms with Crippen molar-refractivity contribution in [2.45, 2.75) is 69.0 Å². The minimum Gasteiger partial charge on any atom is -0.310 e. The molecule has 114 valence electrons. The van der Waals surface area contributed by atoms with Gasteiger partial charge in [-0.1, -0.05) is 43.2 Å². The molecule has 3 fully saturated rings. The quantitative estimate of drug-likeness (QED) is 0.893. The van der Waals surface area contributed by atoms with E-state index in [1.165, 1.54) is 58.0 Å². The van der Waals surface area contributed by atoms with Crippen LogP contribution in [0.15, 0.2) is 30.3 Å². The number of nitrogens with one attached hydrogen (secondary N) is 1. The van der Waals surface area contributed by atoms with E-state index < -0.39 is 0 Å². The first-order valence-corrected chi connectivity index (χ1v) is 8.95. The van der Waals surface area contributed by atoms with Gasteiger partial charge < -0.3 is 5.32 Å². The highest BCUT2D eigenvalue weighted by Crippen LogP contribution is 2.37. The Labute approximate surface area is 128 Å². The van der Waals surface area contributed by atoms with Crippen molar-refractivity contribution in [3.63, 3.8) is 0 Å². The summed E-state index contributed by atoms with van der Waals surface area (Å²) in [6, 6.07) is 13.6. The van der Waals surface area contributed by atoms with Crippen LogP contribution in [0.2, 0.25) is 0 Å². The first kappa shape index (κ1) is 13.8. The van der Waals surface area contributed by atoms with E-state index in [2.05, 4.69) is 40.5 Å². The van der Waals surface area contributed by atoms with Crippen LogP contribution in [0.3, 0.4) is 0 Å². The highest BCUT2D eigenvalue weighted by molar-refractivity contribution is 5.22. The minimum absolute atomic E-state index is 0.760. The molecule has 4 atom stereocenters. The lowest BCUT2D eigenvalue weighted by atomic mass is 9.79. The number of rotatable bonds is 2. The lowest BCUT2D eigenvalue weighted by molar-refractivity contribution is 0.129. The average molecular weight is 284 g/mol. The van der Waals surface area contributed by atoms with Crippen molar-refractivity contribution in [2.24, 2.45) is 0 Å². The van der Waals surface area contributed by atoms with Crippen molar-refractivity contribution in [1.29, 1.82) is 0 Å². The monoisotopic (exact) mass is 284 g/mol. The molecule has 0 spiro atoms. The van der Waals surface area contributed by atoms with Crippen molar-refractivity contribution in [2.75, 3.05) is 13.1 Å². The second kappa shape index (κ2) is 6.10. The smallest absolute Gasteiger partial charge is 0.0198 e. The number of benzene rings is 1. The van der Waals surface area contributed by atoms with Gasteiger partial charge in [-0.25, -0.2) is 0 Å². The summed E-state index contributed by atoms with van der Waals surface area (Å²) >= 11 is 0. The van der Waals surface area contributed by atoms with Gasteiger partial charge in [-0.05, 0) is 50.1 Å². The molecule has 2 saturated heterocycles. The molecule has 3 aliphatic rings. The van der Waals surface area contributed by atoms with Crippen LogP contribution in [0, 0.1) is 0 Å². The molecule has 4 rings (SSSR count). The molecular formula is C19H28N2. The van der Waals surface area contributed by atoms with E-state index in [1.54, 1.807) is 5.56 Å². The van der Waals surface area contributed by atoms with Gasteiger partial charge in [-0.2, -0.15) is 0 Å². The number of nitrogens with zero attached hydrogens (tertiary/aromatic N) is 1. The second-order valence-corrected chi connectivity index (χ2v) is 7.29. The third-order valence-electron chi connectivity index (χ3n) is 5.98. The van der Waals surface area contributed by atoms with Crippen molar-refractivity contribution < 1.29 is 0 Å². The van der Waals surface area contributed by atoms with E-state index >= 15 is 0 Å². The third kappa shape index (κ3) is 2.89. The Balaban J connectivity index is 1.53. The molecule has 2 aliphatic heterocycles. The second-order valence-electron chi connectivity index (χ2n) is 7.29. The summed E-state index contributed by atoms with van der Waals surface area (Å²) in [5, 5.41) is 3.83. The van der Waals surface area contributed by atoms with Crippen molar-refractivity contribution in [3.05, 3.63) is 35.9 Å². The van der Waals surface area contributed by atoms with Gasteiger partial charge in [0.05, 0.1) is 0 Å². The summed E-state index contributed by atoms with van der Waals surface area (Å²) in [6.45, 7) is 2.59. The van der Waals surface area contributed by atoms with Gasteiger partial charge >= 0.3 is 0 Å². The normalized spacial score (nSPS) is 37.3. The zero-order valence-electron chi connectivity index (χ0n) is 13.0. The van der Waals surface area contributed by atoms with Crippen LogP contribution in [0.5, 0.6) is 0 Å². The SMILES string of the molecule is c1ccc(C2CCCCC2N2CCC3CCC(C2)N3)cc1. The molecule has 1 aromatic rings. The summed E-state index contributed by atoms with van der Waals surface area (Å²) in [5.41, 5.74) is 1.57. The zero-order valence-corrected chi connectivity index (χ0v) is 13.0. The third-order valence-corrected chi connectivity index (χ3v) is 5.98. The van der Waals surface area contributed by atoms with E-state index in [0.29, 0.717) is 0 Å². The Morgan fingerprint density at radius 3 is 2.57 bits per heavy atom. The van der Waals surface area contributed by atoms with Crippen LogP contribution in [0.4, 0.5) is 0 Å². The molecule has 1 saturated carbocycles. The fourth-order valence-electron chi connectivity index (χ4n) is 4.91. The fraction of sp³-hybridized carbons (Fsp3) is 0.684. The summed E-state index contributed by atoms with van der Waals surface area (Å²) in [6.07, 6.45) is 9.77. The van der Waals surface area contributed by atoms with Crippen molar-refractivity contribution >= 4 is 0 Å². The molecule has 0 radical (unpaired) electrons. The summed E-state index contributed by atoms with van der Waals surface area (Å²) in [7, 11) is 0. The Hall–Kier alpha value is -0.860. The van der Waals surface area contributed by atoms with Crippen LogP contribution in [0.1, 0.15) is 56.4 Å².